The molecule has 0 radical (unpaired) electrons. The molecular formula is C25H36N2O2. The van der Waals surface area contributed by atoms with Crippen LogP contribution in [0.2, 0.25) is 0 Å². The Kier molecular flexibility index (Phi) is 9.17. The lowest BCUT2D eigenvalue weighted by Crippen LogP contribution is -2.20. The maximum atomic E-state index is 10.5. The highest BCUT2D eigenvalue weighted by atomic mass is 16.4. The van der Waals surface area contributed by atoms with Gasteiger partial charge in [0, 0.05) is 24.8 Å². The fourth-order valence-corrected chi connectivity index (χ4v) is 3.46. The lowest BCUT2D eigenvalue weighted by atomic mass is 9.87. The van der Waals surface area contributed by atoms with E-state index in [4.69, 9.17) is 5.11 Å². The Labute approximate surface area is 176 Å². The zero-order valence-corrected chi connectivity index (χ0v) is 18.2. The molecule has 158 valence electrons. The lowest BCUT2D eigenvalue weighted by Gasteiger charge is -2.25. The minimum Gasteiger partial charge on any atom is -0.481 e. The zero-order valence-electron chi connectivity index (χ0n) is 18.2. The highest BCUT2D eigenvalue weighted by molar-refractivity contribution is 5.66. The quantitative estimate of drug-likeness (QED) is 0.404. The molecule has 1 aromatic carbocycles. The maximum Gasteiger partial charge on any atom is 0.303 e. The van der Waals surface area contributed by atoms with Gasteiger partial charge in [0.2, 0.25) is 0 Å². The normalized spacial score (nSPS) is 11.4. The van der Waals surface area contributed by atoms with E-state index in [0.29, 0.717) is 6.42 Å². The molecule has 4 heteroatoms. The standard InChI is InChI=1S/C25H36N2O2/c1-25(2,3)21-15-17-22(18-16-21)27(23-13-10-11-19-26-23)20-12-8-6-4-5-7-9-14-24(28)29/h10-11,13,15-19H,4-9,12,14,20H2,1-3H3,(H,28,29). The molecule has 0 bridgehead atoms. The smallest absolute Gasteiger partial charge is 0.303 e. The number of carboxylic acid groups (broad SMARTS) is 1. The number of nitrogens with zero attached hydrogens (tertiary/aromatic N) is 2. The Hall–Kier alpha value is -2.36. The summed E-state index contributed by atoms with van der Waals surface area (Å²) in [4.78, 5) is 17.4. The van der Waals surface area contributed by atoms with Crippen LogP contribution < -0.4 is 4.90 Å². The Morgan fingerprint density at radius 2 is 1.52 bits per heavy atom. The van der Waals surface area contributed by atoms with E-state index < -0.39 is 5.97 Å². The minimum absolute atomic E-state index is 0.152. The Morgan fingerprint density at radius 1 is 0.897 bits per heavy atom. The van der Waals surface area contributed by atoms with Gasteiger partial charge >= 0.3 is 5.97 Å². The second-order valence-corrected chi connectivity index (χ2v) is 8.76. The van der Waals surface area contributed by atoms with Gasteiger partial charge in [-0.2, -0.15) is 0 Å². The Morgan fingerprint density at radius 3 is 2.07 bits per heavy atom. The first-order valence-electron chi connectivity index (χ1n) is 10.9. The second-order valence-electron chi connectivity index (χ2n) is 8.76. The van der Waals surface area contributed by atoms with Crippen LogP contribution in [0.5, 0.6) is 0 Å². The van der Waals surface area contributed by atoms with Crippen molar-refractivity contribution in [2.75, 3.05) is 11.4 Å². The van der Waals surface area contributed by atoms with Gasteiger partial charge in [0.25, 0.3) is 0 Å². The summed E-state index contributed by atoms with van der Waals surface area (Å²) in [5.41, 5.74) is 2.68. The number of aromatic nitrogens is 1. The molecule has 0 aliphatic heterocycles. The van der Waals surface area contributed by atoms with Crippen LogP contribution in [0, 0.1) is 0 Å². The monoisotopic (exact) mass is 396 g/mol. The SMILES string of the molecule is CC(C)(C)c1ccc(N(CCCCCCCCCC(=O)O)c2ccccn2)cc1. The molecule has 1 heterocycles. The van der Waals surface area contributed by atoms with E-state index in [-0.39, 0.29) is 5.41 Å². The van der Waals surface area contributed by atoms with Crippen LogP contribution in [0.3, 0.4) is 0 Å². The molecule has 0 aliphatic rings. The number of carboxylic acids is 1. The number of unbranched alkanes of at least 4 members (excludes halogenated alkanes) is 6. The third-order valence-electron chi connectivity index (χ3n) is 5.24. The van der Waals surface area contributed by atoms with Gasteiger partial charge in [0.15, 0.2) is 0 Å². The third-order valence-corrected chi connectivity index (χ3v) is 5.24. The number of rotatable bonds is 12. The summed E-state index contributed by atoms with van der Waals surface area (Å²) in [5, 5.41) is 8.67. The van der Waals surface area contributed by atoms with E-state index in [0.717, 1.165) is 38.0 Å². The zero-order chi connectivity index (χ0) is 21.1. The Bertz CT molecular complexity index is 721. The van der Waals surface area contributed by atoms with Crippen molar-refractivity contribution in [2.45, 2.75) is 77.6 Å². The molecule has 1 N–H and O–H groups in total. The summed E-state index contributed by atoms with van der Waals surface area (Å²) < 4.78 is 0. The van der Waals surface area contributed by atoms with E-state index in [9.17, 15) is 4.79 Å². The molecule has 2 rings (SSSR count). The number of hydrogen-bond acceptors (Lipinski definition) is 3. The van der Waals surface area contributed by atoms with Crippen molar-refractivity contribution in [3.8, 4) is 0 Å². The van der Waals surface area contributed by atoms with Crippen LogP contribution in [-0.4, -0.2) is 22.6 Å². The van der Waals surface area contributed by atoms with Gasteiger partial charge in [0.05, 0.1) is 0 Å². The van der Waals surface area contributed by atoms with Crippen LogP contribution in [0.15, 0.2) is 48.7 Å². The third kappa shape index (κ3) is 8.26. The van der Waals surface area contributed by atoms with Crippen molar-refractivity contribution in [2.24, 2.45) is 0 Å². The van der Waals surface area contributed by atoms with Gasteiger partial charge < -0.3 is 10.0 Å². The maximum absolute atomic E-state index is 10.5. The van der Waals surface area contributed by atoms with Gasteiger partial charge in [-0.15, -0.1) is 0 Å². The number of pyridine rings is 1. The summed E-state index contributed by atoms with van der Waals surface area (Å²) in [6.45, 7) is 7.66. The van der Waals surface area contributed by atoms with E-state index in [2.05, 4.69) is 61.0 Å². The summed E-state index contributed by atoms with van der Waals surface area (Å²) in [7, 11) is 0. The van der Waals surface area contributed by atoms with E-state index >= 15 is 0 Å². The first-order valence-corrected chi connectivity index (χ1v) is 10.9. The number of aliphatic carboxylic acids is 1. The van der Waals surface area contributed by atoms with Crippen molar-refractivity contribution in [3.63, 3.8) is 0 Å². The molecule has 0 saturated heterocycles. The van der Waals surface area contributed by atoms with Crippen molar-refractivity contribution in [1.29, 1.82) is 0 Å². The van der Waals surface area contributed by atoms with Crippen molar-refractivity contribution >= 4 is 17.5 Å². The van der Waals surface area contributed by atoms with Crippen LogP contribution >= 0.6 is 0 Å². The van der Waals surface area contributed by atoms with Crippen LogP contribution in [-0.2, 0) is 10.2 Å². The Balaban J connectivity index is 1.86. The fourth-order valence-electron chi connectivity index (χ4n) is 3.46. The summed E-state index contributed by atoms with van der Waals surface area (Å²) in [6, 6.07) is 14.9. The van der Waals surface area contributed by atoms with E-state index in [1.807, 2.05) is 18.3 Å². The van der Waals surface area contributed by atoms with Crippen molar-refractivity contribution in [3.05, 3.63) is 54.2 Å². The summed E-state index contributed by atoms with van der Waals surface area (Å²) >= 11 is 0. The first kappa shape index (κ1) is 22.9. The summed E-state index contributed by atoms with van der Waals surface area (Å²) in [6.07, 6.45) is 9.78. The number of hydrogen-bond donors (Lipinski definition) is 1. The molecule has 4 nitrogen and oxygen atoms in total. The minimum atomic E-state index is -0.685. The highest BCUT2D eigenvalue weighted by Crippen LogP contribution is 2.28. The topological polar surface area (TPSA) is 53.4 Å². The molecule has 0 spiro atoms. The average molecular weight is 397 g/mol. The van der Waals surface area contributed by atoms with E-state index in [1.165, 1.54) is 30.5 Å². The number of benzene rings is 1. The molecule has 0 fully saturated rings. The molecule has 0 aliphatic carbocycles. The van der Waals surface area contributed by atoms with Gasteiger partial charge in [-0.1, -0.05) is 71.1 Å². The van der Waals surface area contributed by atoms with E-state index in [1.54, 1.807) is 0 Å². The highest BCUT2D eigenvalue weighted by Gasteiger charge is 2.15. The van der Waals surface area contributed by atoms with Crippen LogP contribution in [0.25, 0.3) is 0 Å². The number of carbonyl (C=O) groups is 1. The summed E-state index contributed by atoms with van der Waals surface area (Å²) in [5.74, 6) is 0.305. The van der Waals surface area contributed by atoms with Crippen molar-refractivity contribution < 1.29 is 9.90 Å². The van der Waals surface area contributed by atoms with Crippen molar-refractivity contribution in [1.82, 2.24) is 4.98 Å². The molecule has 1 aromatic heterocycles. The average Bonchev–Trinajstić information content (AvgIpc) is 2.69. The molecule has 2 aromatic rings. The van der Waals surface area contributed by atoms with Crippen LogP contribution in [0.1, 0.15) is 77.7 Å². The predicted octanol–water partition coefficient (Wildman–Crippen LogP) is 6.72. The van der Waals surface area contributed by atoms with Gasteiger partial charge in [-0.3, -0.25) is 4.79 Å². The number of anilines is 2. The van der Waals surface area contributed by atoms with Crippen LogP contribution in [0.4, 0.5) is 11.5 Å². The predicted molar refractivity (Wildman–Crippen MR) is 121 cm³/mol. The lowest BCUT2D eigenvalue weighted by molar-refractivity contribution is -0.137. The molecule has 0 amide bonds. The molecule has 0 atom stereocenters. The molecular weight excluding hydrogens is 360 g/mol. The molecule has 0 unspecified atom stereocenters. The first-order chi connectivity index (χ1) is 13.9. The van der Waals surface area contributed by atoms with Gasteiger partial charge in [0.1, 0.15) is 5.82 Å². The molecule has 0 saturated carbocycles. The van der Waals surface area contributed by atoms with Gasteiger partial charge in [-0.05, 0) is 48.1 Å². The fraction of sp³-hybridized carbons (Fsp3) is 0.520. The second kappa shape index (κ2) is 11.6. The molecule has 29 heavy (non-hydrogen) atoms. The largest absolute Gasteiger partial charge is 0.481 e. The van der Waals surface area contributed by atoms with Gasteiger partial charge in [-0.25, -0.2) is 4.98 Å².